The fraction of sp³-hybridized carbons (Fsp3) is 0.143. The summed E-state index contributed by atoms with van der Waals surface area (Å²) in [6.45, 7) is 0.605. The van der Waals surface area contributed by atoms with Crippen molar-refractivity contribution in [3.05, 3.63) is 24.3 Å². The van der Waals surface area contributed by atoms with E-state index in [1.807, 2.05) is 4.90 Å². The Morgan fingerprint density at radius 2 is 2.42 bits per heavy atom. The van der Waals surface area contributed by atoms with Crippen LogP contribution in [0.15, 0.2) is 29.3 Å². The molecule has 2 rings (SSSR count). The summed E-state index contributed by atoms with van der Waals surface area (Å²) in [7, 11) is 0. The van der Waals surface area contributed by atoms with Crippen molar-refractivity contribution in [2.75, 3.05) is 6.54 Å². The van der Waals surface area contributed by atoms with Crippen LogP contribution < -0.4 is 5.73 Å². The van der Waals surface area contributed by atoms with E-state index in [0.717, 1.165) is 5.70 Å². The highest BCUT2D eigenvalue weighted by atomic mass is 16.2. The van der Waals surface area contributed by atoms with Crippen LogP contribution in [-0.2, 0) is 0 Å². The third-order valence-electron chi connectivity index (χ3n) is 1.72. The maximum Gasteiger partial charge on any atom is 0.323 e. The highest BCUT2D eigenvalue weighted by Gasteiger charge is 2.17. The van der Waals surface area contributed by atoms with E-state index in [1.165, 1.54) is 4.90 Å². The van der Waals surface area contributed by atoms with Gasteiger partial charge in [-0.2, -0.15) is 0 Å². The first-order valence-corrected chi connectivity index (χ1v) is 3.52. The van der Waals surface area contributed by atoms with Crippen LogP contribution in [0, 0.1) is 0 Å². The number of primary amides is 1. The minimum atomic E-state index is -0.481. The predicted molar refractivity (Wildman–Crippen MR) is 43.8 cm³/mol. The first kappa shape index (κ1) is 6.90. The van der Waals surface area contributed by atoms with Crippen LogP contribution >= 0.6 is 0 Å². The zero-order valence-corrected chi connectivity index (χ0v) is 6.34. The van der Waals surface area contributed by atoms with Crippen LogP contribution in [0.25, 0.3) is 0 Å². The number of amides is 2. The van der Waals surface area contributed by atoms with Gasteiger partial charge in [0.1, 0.15) is 0 Å². The summed E-state index contributed by atoms with van der Waals surface area (Å²) in [5, 5.41) is 0. The normalized spacial score (nSPS) is 19.5. The summed E-state index contributed by atoms with van der Waals surface area (Å²) in [5.41, 5.74) is 6.04. The van der Waals surface area contributed by atoms with Gasteiger partial charge < -0.3 is 10.6 Å². The number of hydrogen-bond acceptors (Lipinski definition) is 3. The lowest BCUT2D eigenvalue weighted by Crippen LogP contribution is -2.31. The van der Waals surface area contributed by atoms with Crippen molar-refractivity contribution in [2.24, 2.45) is 10.7 Å². The van der Waals surface area contributed by atoms with Gasteiger partial charge in [-0.05, 0) is 0 Å². The maximum atomic E-state index is 10.7. The molecule has 2 amide bonds. The standard InChI is InChI=1S/C7H8N4O/c8-7(12)10-1-2-11-5-9-3-6(11)4-10/h1-2,4-5H,3H2,(H2,8,12). The number of fused-ring (bicyclic) bond motifs is 1. The van der Waals surface area contributed by atoms with Gasteiger partial charge in [0, 0.05) is 18.6 Å². The van der Waals surface area contributed by atoms with E-state index in [-0.39, 0.29) is 0 Å². The van der Waals surface area contributed by atoms with Crippen LogP contribution in [0.1, 0.15) is 0 Å². The van der Waals surface area contributed by atoms with E-state index < -0.39 is 6.03 Å². The second kappa shape index (κ2) is 2.37. The molecule has 62 valence electrons. The topological polar surface area (TPSA) is 61.9 Å². The maximum absolute atomic E-state index is 10.7. The number of aliphatic imine (C=N–C) groups is 1. The van der Waals surface area contributed by atoms with E-state index in [1.54, 1.807) is 24.9 Å². The summed E-state index contributed by atoms with van der Waals surface area (Å²) < 4.78 is 0. The van der Waals surface area contributed by atoms with Crippen LogP contribution in [-0.4, -0.2) is 28.7 Å². The number of urea groups is 1. The first-order chi connectivity index (χ1) is 5.77. The molecule has 0 radical (unpaired) electrons. The van der Waals surface area contributed by atoms with E-state index >= 15 is 0 Å². The zero-order chi connectivity index (χ0) is 8.55. The fourth-order valence-electron chi connectivity index (χ4n) is 1.10. The van der Waals surface area contributed by atoms with Gasteiger partial charge in [0.15, 0.2) is 0 Å². The Balaban J connectivity index is 2.23. The summed E-state index contributed by atoms with van der Waals surface area (Å²) in [6, 6.07) is -0.481. The smallest absolute Gasteiger partial charge is 0.323 e. The van der Waals surface area contributed by atoms with Gasteiger partial charge in [0.25, 0.3) is 0 Å². The average Bonchev–Trinajstić information content (AvgIpc) is 2.49. The average molecular weight is 164 g/mol. The lowest BCUT2D eigenvalue weighted by atomic mass is 10.4. The molecule has 2 N–H and O–H groups in total. The molecule has 0 bridgehead atoms. The molecule has 0 aromatic carbocycles. The third-order valence-corrected chi connectivity index (χ3v) is 1.72. The molecule has 2 aliphatic heterocycles. The fourth-order valence-corrected chi connectivity index (χ4v) is 1.10. The quantitative estimate of drug-likeness (QED) is 0.549. The van der Waals surface area contributed by atoms with Crippen LogP contribution in [0.5, 0.6) is 0 Å². The Labute approximate surface area is 69.5 Å². The van der Waals surface area contributed by atoms with Crippen molar-refractivity contribution >= 4 is 12.4 Å². The van der Waals surface area contributed by atoms with E-state index in [0.29, 0.717) is 6.54 Å². The van der Waals surface area contributed by atoms with Crippen molar-refractivity contribution in [3.8, 4) is 0 Å². The van der Waals surface area contributed by atoms with Crippen molar-refractivity contribution in [2.45, 2.75) is 0 Å². The molecule has 2 heterocycles. The molecule has 12 heavy (non-hydrogen) atoms. The largest absolute Gasteiger partial charge is 0.351 e. The molecular weight excluding hydrogens is 156 g/mol. The molecule has 0 aromatic heterocycles. The molecule has 0 atom stereocenters. The van der Waals surface area contributed by atoms with Crippen molar-refractivity contribution in [1.29, 1.82) is 0 Å². The summed E-state index contributed by atoms with van der Waals surface area (Å²) in [5.74, 6) is 0. The molecular formula is C7H8N4O. The second-order valence-corrected chi connectivity index (χ2v) is 2.53. The molecule has 0 saturated carbocycles. The minimum absolute atomic E-state index is 0.481. The summed E-state index contributed by atoms with van der Waals surface area (Å²) in [6.07, 6.45) is 6.73. The summed E-state index contributed by atoms with van der Waals surface area (Å²) in [4.78, 5) is 17.9. The lowest BCUT2D eigenvalue weighted by Gasteiger charge is -2.21. The van der Waals surface area contributed by atoms with Crippen LogP contribution in [0.2, 0.25) is 0 Å². The Hall–Kier alpha value is -1.78. The van der Waals surface area contributed by atoms with Gasteiger partial charge in [-0.3, -0.25) is 9.89 Å². The monoisotopic (exact) mass is 164 g/mol. The molecule has 0 aromatic rings. The molecule has 5 heteroatoms. The molecule has 2 aliphatic rings. The number of nitrogens with zero attached hydrogens (tertiary/aromatic N) is 3. The van der Waals surface area contributed by atoms with E-state index in [9.17, 15) is 4.79 Å². The predicted octanol–water partition coefficient (Wildman–Crippen LogP) is 0.0372. The van der Waals surface area contributed by atoms with Crippen LogP contribution in [0.4, 0.5) is 4.79 Å². The zero-order valence-electron chi connectivity index (χ0n) is 6.34. The second-order valence-electron chi connectivity index (χ2n) is 2.53. The third kappa shape index (κ3) is 0.952. The number of carbonyl (C=O) groups is 1. The molecule has 0 fully saturated rings. The summed E-state index contributed by atoms with van der Waals surface area (Å²) >= 11 is 0. The van der Waals surface area contributed by atoms with Gasteiger partial charge in [-0.15, -0.1) is 0 Å². The molecule has 0 aliphatic carbocycles. The van der Waals surface area contributed by atoms with Gasteiger partial charge in [0.05, 0.1) is 18.6 Å². The number of carbonyl (C=O) groups excluding carboxylic acids is 1. The molecule has 0 spiro atoms. The Morgan fingerprint density at radius 3 is 3.17 bits per heavy atom. The minimum Gasteiger partial charge on any atom is -0.351 e. The molecule has 5 nitrogen and oxygen atoms in total. The van der Waals surface area contributed by atoms with E-state index in [2.05, 4.69) is 4.99 Å². The van der Waals surface area contributed by atoms with Gasteiger partial charge in [-0.25, -0.2) is 4.79 Å². The first-order valence-electron chi connectivity index (χ1n) is 3.52. The highest BCUT2D eigenvalue weighted by Crippen LogP contribution is 2.15. The van der Waals surface area contributed by atoms with Crippen molar-refractivity contribution in [1.82, 2.24) is 9.80 Å². The SMILES string of the molecule is NC(=O)N1C=CN2C=NCC2=C1. The molecule has 0 saturated heterocycles. The Bertz CT molecular complexity index is 305. The Kier molecular flexibility index (Phi) is 1.36. The lowest BCUT2D eigenvalue weighted by molar-refractivity contribution is 0.234. The van der Waals surface area contributed by atoms with Gasteiger partial charge in [0.2, 0.25) is 0 Å². The number of hydrogen-bond donors (Lipinski definition) is 1. The molecule has 0 unspecified atom stereocenters. The van der Waals surface area contributed by atoms with Crippen molar-refractivity contribution < 1.29 is 4.79 Å². The van der Waals surface area contributed by atoms with E-state index in [4.69, 9.17) is 5.73 Å². The number of rotatable bonds is 0. The van der Waals surface area contributed by atoms with Gasteiger partial charge >= 0.3 is 6.03 Å². The number of nitrogens with two attached hydrogens (primary N) is 1. The van der Waals surface area contributed by atoms with Crippen molar-refractivity contribution in [3.63, 3.8) is 0 Å². The Morgan fingerprint density at radius 1 is 1.58 bits per heavy atom. The van der Waals surface area contributed by atoms with Crippen LogP contribution in [0.3, 0.4) is 0 Å². The van der Waals surface area contributed by atoms with Gasteiger partial charge in [-0.1, -0.05) is 0 Å². The highest BCUT2D eigenvalue weighted by molar-refractivity contribution is 5.75.